The van der Waals surface area contributed by atoms with Crippen LogP contribution in [0.4, 0.5) is 0 Å². The topological polar surface area (TPSA) is 67.9 Å². The largest absolute Gasteiger partial charge is 0.469 e. The van der Waals surface area contributed by atoms with Crippen LogP contribution in [0.2, 0.25) is 0 Å². The number of imidazole rings is 1. The summed E-state index contributed by atoms with van der Waals surface area (Å²) in [7, 11) is 1.34. The number of carbonyl (C=O) groups is 1. The van der Waals surface area contributed by atoms with Crippen molar-refractivity contribution in [3.63, 3.8) is 0 Å². The molecule has 0 spiro atoms. The third-order valence-corrected chi connectivity index (χ3v) is 2.82. The van der Waals surface area contributed by atoms with Crippen molar-refractivity contribution in [2.45, 2.75) is 12.5 Å². The fourth-order valence-electron chi connectivity index (χ4n) is 1.85. The predicted molar refractivity (Wildman–Crippen MR) is 68.1 cm³/mol. The predicted octanol–water partition coefficient (Wildman–Crippen LogP) is 1.71. The summed E-state index contributed by atoms with van der Waals surface area (Å²) in [4.78, 5) is 15.3. The van der Waals surface area contributed by atoms with Gasteiger partial charge in [-0.2, -0.15) is 5.26 Å². The molecule has 1 unspecified atom stereocenters. The van der Waals surface area contributed by atoms with Crippen LogP contribution in [0.1, 0.15) is 17.3 Å². The second-order valence-electron chi connectivity index (χ2n) is 3.99. The number of carbonyl (C=O) groups excluding carboxylic acids is 1. The molecule has 0 aliphatic heterocycles. The highest BCUT2D eigenvalue weighted by molar-refractivity contribution is 5.71. The molecule has 19 heavy (non-hydrogen) atoms. The molecule has 0 saturated carbocycles. The molecule has 0 radical (unpaired) electrons. The first-order chi connectivity index (χ1) is 9.26. The van der Waals surface area contributed by atoms with Crippen molar-refractivity contribution in [1.82, 2.24) is 9.55 Å². The first-order valence-electron chi connectivity index (χ1n) is 5.78. The number of aromatic nitrogens is 2. The number of hydrogen-bond donors (Lipinski definition) is 0. The molecular weight excluding hydrogens is 242 g/mol. The molecule has 1 atom stereocenters. The lowest BCUT2D eigenvalue weighted by atomic mass is 10.1. The van der Waals surface area contributed by atoms with Gasteiger partial charge >= 0.3 is 5.97 Å². The van der Waals surface area contributed by atoms with E-state index < -0.39 is 6.04 Å². The summed E-state index contributed by atoms with van der Waals surface area (Å²) >= 11 is 0. The fourth-order valence-corrected chi connectivity index (χ4v) is 1.85. The van der Waals surface area contributed by atoms with Gasteiger partial charge in [-0.3, -0.25) is 4.79 Å². The standard InChI is InChI=1S/C14H13N3O2/c1-19-14(18)7-12-9-16-10-17(12)13(8-15)11-5-3-2-4-6-11/h2-6,9-10,13H,7H2,1H3. The Bertz CT molecular complexity index is 599. The number of nitriles is 1. The van der Waals surface area contributed by atoms with Gasteiger partial charge in [0.05, 0.1) is 31.6 Å². The third kappa shape index (κ3) is 2.80. The molecule has 2 aromatic rings. The molecule has 0 aliphatic carbocycles. The molecule has 0 fully saturated rings. The molecule has 0 aliphatic rings. The van der Waals surface area contributed by atoms with E-state index >= 15 is 0 Å². The van der Waals surface area contributed by atoms with E-state index in [4.69, 9.17) is 0 Å². The molecule has 5 nitrogen and oxygen atoms in total. The Balaban J connectivity index is 2.33. The molecule has 1 heterocycles. The zero-order valence-corrected chi connectivity index (χ0v) is 10.5. The summed E-state index contributed by atoms with van der Waals surface area (Å²) in [5, 5.41) is 9.35. The lowest BCUT2D eigenvalue weighted by Crippen LogP contribution is -2.14. The van der Waals surface area contributed by atoms with Crippen LogP contribution in [-0.2, 0) is 16.0 Å². The van der Waals surface area contributed by atoms with Crippen LogP contribution < -0.4 is 0 Å². The van der Waals surface area contributed by atoms with Crippen LogP contribution in [-0.4, -0.2) is 22.6 Å². The zero-order chi connectivity index (χ0) is 13.7. The lowest BCUT2D eigenvalue weighted by Gasteiger charge is -2.14. The van der Waals surface area contributed by atoms with E-state index in [1.54, 1.807) is 17.1 Å². The van der Waals surface area contributed by atoms with Crippen molar-refractivity contribution < 1.29 is 9.53 Å². The quantitative estimate of drug-likeness (QED) is 0.780. The second kappa shape index (κ2) is 5.83. The minimum absolute atomic E-state index is 0.0987. The minimum Gasteiger partial charge on any atom is -0.469 e. The van der Waals surface area contributed by atoms with Gasteiger partial charge in [0.2, 0.25) is 0 Å². The minimum atomic E-state index is -0.497. The van der Waals surface area contributed by atoms with Crippen molar-refractivity contribution in [2.75, 3.05) is 7.11 Å². The van der Waals surface area contributed by atoms with Gasteiger partial charge in [-0.25, -0.2) is 4.98 Å². The number of hydrogen-bond acceptors (Lipinski definition) is 4. The summed E-state index contributed by atoms with van der Waals surface area (Å²) in [6, 6.07) is 11.1. The van der Waals surface area contributed by atoms with E-state index in [9.17, 15) is 10.1 Å². The Morgan fingerprint density at radius 3 is 2.84 bits per heavy atom. The van der Waals surface area contributed by atoms with Gasteiger partial charge in [-0.05, 0) is 5.56 Å². The van der Waals surface area contributed by atoms with Crippen molar-refractivity contribution in [3.8, 4) is 6.07 Å². The highest BCUT2D eigenvalue weighted by Gasteiger charge is 2.17. The first-order valence-corrected chi connectivity index (χ1v) is 5.78. The number of esters is 1. The maximum atomic E-state index is 11.3. The molecule has 1 aromatic carbocycles. The van der Waals surface area contributed by atoms with Crippen LogP contribution in [0.25, 0.3) is 0 Å². The monoisotopic (exact) mass is 255 g/mol. The molecule has 0 bridgehead atoms. The maximum absolute atomic E-state index is 11.3. The summed E-state index contributed by atoms with van der Waals surface area (Å²) < 4.78 is 6.32. The molecule has 2 rings (SSSR count). The number of methoxy groups -OCH3 is 1. The Morgan fingerprint density at radius 2 is 2.21 bits per heavy atom. The van der Waals surface area contributed by atoms with Gasteiger partial charge in [0.1, 0.15) is 6.04 Å². The van der Waals surface area contributed by atoms with Crippen LogP contribution in [0.5, 0.6) is 0 Å². The van der Waals surface area contributed by atoms with Crippen LogP contribution in [0.3, 0.4) is 0 Å². The van der Waals surface area contributed by atoms with Crippen LogP contribution in [0.15, 0.2) is 42.9 Å². The first kappa shape index (κ1) is 12.8. The molecule has 0 saturated heterocycles. The van der Waals surface area contributed by atoms with E-state index in [2.05, 4.69) is 15.8 Å². The van der Waals surface area contributed by atoms with E-state index in [-0.39, 0.29) is 12.4 Å². The Hall–Kier alpha value is -2.61. The third-order valence-electron chi connectivity index (χ3n) is 2.82. The van der Waals surface area contributed by atoms with Crippen molar-refractivity contribution in [1.29, 1.82) is 5.26 Å². The van der Waals surface area contributed by atoms with Crippen molar-refractivity contribution in [2.24, 2.45) is 0 Å². The summed E-state index contributed by atoms with van der Waals surface area (Å²) in [5.41, 5.74) is 1.51. The number of nitrogens with zero attached hydrogens (tertiary/aromatic N) is 3. The highest BCUT2D eigenvalue weighted by Crippen LogP contribution is 2.19. The van der Waals surface area contributed by atoms with Crippen LogP contribution >= 0.6 is 0 Å². The average Bonchev–Trinajstić information content (AvgIpc) is 2.89. The van der Waals surface area contributed by atoms with Gasteiger partial charge in [0.25, 0.3) is 0 Å². The molecule has 0 N–H and O–H groups in total. The molecular formula is C14H13N3O2. The van der Waals surface area contributed by atoms with Gasteiger partial charge in [0.15, 0.2) is 0 Å². The Labute approximate surface area is 111 Å². The lowest BCUT2D eigenvalue weighted by molar-refractivity contribution is -0.139. The normalized spacial score (nSPS) is 11.6. The number of ether oxygens (including phenoxy) is 1. The van der Waals surface area contributed by atoms with Crippen molar-refractivity contribution in [3.05, 3.63) is 54.1 Å². The Kier molecular flexibility index (Phi) is 3.94. The second-order valence-corrected chi connectivity index (χ2v) is 3.99. The van der Waals surface area contributed by atoms with Gasteiger partial charge in [-0.1, -0.05) is 30.3 Å². The smallest absolute Gasteiger partial charge is 0.311 e. The number of rotatable bonds is 4. The van der Waals surface area contributed by atoms with E-state index in [1.165, 1.54) is 7.11 Å². The highest BCUT2D eigenvalue weighted by atomic mass is 16.5. The fraction of sp³-hybridized carbons (Fsp3) is 0.214. The van der Waals surface area contributed by atoms with Gasteiger partial charge < -0.3 is 9.30 Å². The average molecular weight is 255 g/mol. The van der Waals surface area contributed by atoms with Crippen LogP contribution in [0, 0.1) is 11.3 Å². The molecule has 5 heteroatoms. The maximum Gasteiger partial charge on any atom is 0.311 e. The zero-order valence-electron chi connectivity index (χ0n) is 10.5. The summed E-state index contributed by atoms with van der Waals surface area (Å²) in [6.45, 7) is 0. The SMILES string of the molecule is COC(=O)Cc1cncn1C(C#N)c1ccccc1. The molecule has 96 valence electrons. The summed E-state index contributed by atoms with van der Waals surface area (Å²) in [6.07, 6.45) is 3.23. The van der Waals surface area contributed by atoms with E-state index in [0.717, 1.165) is 5.56 Å². The van der Waals surface area contributed by atoms with E-state index in [1.807, 2.05) is 30.3 Å². The summed E-state index contributed by atoms with van der Waals surface area (Å²) in [5.74, 6) is -0.355. The van der Waals surface area contributed by atoms with E-state index in [0.29, 0.717) is 5.69 Å². The van der Waals surface area contributed by atoms with Gasteiger partial charge in [0, 0.05) is 6.20 Å². The molecule has 0 amide bonds. The Morgan fingerprint density at radius 1 is 1.47 bits per heavy atom. The van der Waals surface area contributed by atoms with Gasteiger partial charge in [-0.15, -0.1) is 0 Å². The molecule has 1 aromatic heterocycles. The van der Waals surface area contributed by atoms with Crippen molar-refractivity contribution >= 4 is 5.97 Å². The number of benzene rings is 1.